The SMILES string of the molecule is O=C1N(CCOc2ccccc2)c2ccccc2[C@]1(O)c1c[nH]c2ccccc12. The van der Waals surface area contributed by atoms with Crippen LogP contribution in [0.2, 0.25) is 0 Å². The van der Waals surface area contributed by atoms with E-state index in [1.54, 1.807) is 11.1 Å². The molecule has 0 radical (unpaired) electrons. The second kappa shape index (κ2) is 6.79. The molecular weight excluding hydrogens is 364 g/mol. The molecule has 5 rings (SSSR count). The van der Waals surface area contributed by atoms with Crippen LogP contribution in [0.3, 0.4) is 0 Å². The molecule has 0 aliphatic carbocycles. The minimum atomic E-state index is -1.73. The zero-order valence-electron chi connectivity index (χ0n) is 15.7. The van der Waals surface area contributed by atoms with Crippen LogP contribution in [0.25, 0.3) is 10.9 Å². The number of aliphatic hydroxyl groups is 1. The van der Waals surface area contributed by atoms with Crippen molar-refractivity contribution in [2.45, 2.75) is 5.60 Å². The van der Waals surface area contributed by atoms with Gasteiger partial charge in [0.2, 0.25) is 0 Å². The topological polar surface area (TPSA) is 65.6 Å². The van der Waals surface area contributed by atoms with Crippen LogP contribution < -0.4 is 9.64 Å². The number of aromatic nitrogens is 1. The molecule has 0 saturated carbocycles. The molecule has 0 fully saturated rings. The average Bonchev–Trinajstić information content (AvgIpc) is 3.29. The fourth-order valence-electron chi connectivity index (χ4n) is 4.06. The van der Waals surface area contributed by atoms with Gasteiger partial charge < -0.3 is 19.7 Å². The minimum Gasteiger partial charge on any atom is -0.492 e. The summed E-state index contributed by atoms with van der Waals surface area (Å²) >= 11 is 0. The van der Waals surface area contributed by atoms with Crippen LogP contribution in [0, 0.1) is 0 Å². The highest BCUT2D eigenvalue weighted by atomic mass is 16.5. The number of nitrogens with zero attached hydrogens (tertiary/aromatic N) is 1. The summed E-state index contributed by atoms with van der Waals surface area (Å²) in [5.41, 5.74) is 1.02. The minimum absolute atomic E-state index is 0.327. The summed E-state index contributed by atoms with van der Waals surface area (Å²) in [6.45, 7) is 0.670. The van der Waals surface area contributed by atoms with E-state index in [0.29, 0.717) is 30.0 Å². The lowest BCUT2D eigenvalue weighted by molar-refractivity contribution is -0.132. The molecule has 1 aliphatic heterocycles. The van der Waals surface area contributed by atoms with Gasteiger partial charge >= 0.3 is 0 Å². The van der Waals surface area contributed by atoms with E-state index in [0.717, 1.165) is 16.7 Å². The van der Waals surface area contributed by atoms with Gasteiger partial charge in [-0.2, -0.15) is 0 Å². The number of carbonyl (C=O) groups excluding carboxylic acids is 1. The summed E-state index contributed by atoms with van der Waals surface area (Å²) in [5, 5.41) is 12.5. The number of hydrogen-bond acceptors (Lipinski definition) is 3. The highest BCUT2D eigenvalue weighted by Gasteiger charge is 2.51. The molecule has 2 N–H and O–H groups in total. The third-order valence-electron chi connectivity index (χ3n) is 5.45. The van der Waals surface area contributed by atoms with Gasteiger partial charge in [-0.25, -0.2) is 0 Å². The summed E-state index contributed by atoms with van der Waals surface area (Å²) in [4.78, 5) is 18.3. The summed E-state index contributed by atoms with van der Waals surface area (Å²) < 4.78 is 5.78. The van der Waals surface area contributed by atoms with Crippen molar-refractivity contribution in [2.75, 3.05) is 18.1 Å². The van der Waals surface area contributed by atoms with Gasteiger partial charge in [-0.3, -0.25) is 4.79 Å². The first-order valence-corrected chi connectivity index (χ1v) is 9.58. The number of amides is 1. The quantitative estimate of drug-likeness (QED) is 0.550. The number of ether oxygens (including phenoxy) is 1. The molecule has 0 spiro atoms. The third-order valence-corrected chi connectivity index (χ3v) is 5.45. The molecule has 3 aromatic carbocycles. The van der Waals surface area contributed by atoms with Crippen LogP contribution in [0.15, 0.2) is 85.1 Å². The molecule has 5 heteroatoms. The Bertz CT molecular complexity index is 1180. The van der Waals surface area contributed by atoms with Gasteiger partial charge in [-0.1, -0.05) is 54.6 Å². The van der Waals surface area contributed by atoms with Gasteiger partial charge in [0.1, 0.15) is 12.4 Å². The van der Waals surface area contributed by atoms with Crippen LogP contribution in [0.4, 0.5) is 5.69 Å². The normalized spacial score (nSPS) is 18.2. The van der Waals surface area contributed by atoms with Crippen molar-refractivity contribution >= 4 is 22.5 Å². The number of aromatic amines is 1. The maximum absolute atomic E-state index is 13.5. The molecule has 0 saturated heterocycles. The van der Waals surface area contributed by atoms with Crippen molar-refractivity contribution in [3.63, 3.8) is 0 Å². The maximum atomic E-state index is 13.5. The third kappa shape index (κ3) is 2.70. The van der Waals surface area contributed by atoms with Gasteiger partial charge in [0.25, 0.3) is 5.91 Å². The summed E-state index contributed by atoms with van der Waals surface area (Å²) in [6, 6.07) is 24.5. The Morgan fingerprint density at radius 3 is 2.48 bits per heavy atom. The van der Waals surface area contributed by atoms with Crippen molar-refractivity contribution in [2.24, 2.45) is 0 Å². The highest BCUT2D eigenvalue weighted by Crippen LogP contribution is 2.46. The highest BCUT2D eigenvalue weighted by molar-refractivity contribution is 6.11. The first-order chi connectivity index (χ1) is 14.2. The molecule has 0 bridgehead atoms. The van der Waals surface area contributed by atoms with E-state index >= 15 is 0 Å². The lowest BCUT2D eigenvalue weighted by atomic mass is 9.87. The molecule has 29 heavy (non-hydrogen) atoms. The van der Waals surface area contributed by atoms with E-state index in [4.69, 9.17) is 4.74 Å². The second-order valence-corrected chi connectivity index (χ2v) is 7.09. The first kappa shape index (κ1) is 17.5. The van der Waals surface area contributed by atoms with Gasteiger partial charge in [0.05, 0.1) is 12.2 Å². The maximum Gasteiger partial charge on any atom is 0.268 e. The molecule has 1 aromatic heterocycles. The molecule has 1 aliphatic rings. The lowest BCUT2D eigenvalue weighted by Crippen LogP contribution is -2.42. The zero-order valence-corrected chi connectivity index (χ0v) is 15.7. The summed E-state index contributed by atoms with van der Waals surface area (Å²) in [7, 11) is 0. The molecule has 1 amide bonds. The smallest absolute Gasteiger partial charge is 0.268 e. The molecule has 4 aromatic rings. The number of fused-ring (bicyclic) bond motifs is 2. The van der Waals surface area contributed by atoms with Crippen LogP contribution in [0.5, 0.6) is 5.75 Å². The van der Waals surface area contributed by atoms with Crippen molar-refractivity contribution in [3.05, 3.63) is 96.2 Å². The van der Waals surface area contributed by atoms with Crippen LogP contribution in [-0.4, -0.2) is 29.1 Å². The number of nitrogens with one attached hydrogen (secondary N) is 1. The Hall–Kier alpha value is -3.57. The molecule has 144 valence electrons. The van der Waals surface area contributed by atoms with Gasteiger partial charge in [0, 0.05) is 28.2 Å². The molecule has 1 atom stereocenters. The fourth-order valence-corrected chi connectivity index (χ4v) is 4.06. The predicted molar refractivity (Wildman–Crippen MR) is 112 cm³/mol. The number of benzene rings is 3. The van der Waals surface area contributed by atoms with Crippen molar-refractivity contribution in [3.8, 4) is 5.75 Å². The number of hydrogen-bond donors (Lipinski definition) is 2. The Balaban J connectivity index is 1.50. The van der Waals surface area contributed by atoms with Gasteiger partial charge in [-0.15, -0.1) is 0 Å². The van der Waals surface area contributed by atoms with Gasteiger partial charge in [-0.05, 0) is 24.3 Å². The lowest BCUT2D eigenvalue weighted by Gasteiger charge is -2.23. The number of rotatable bonds is 5. The monoisotopic (exact) mass is 384 g/mol. The van der Waals surface area contributed by atoms with Crippen molar-refractivity contribution < 1.29 is 14.6 Å². The van der Waals surface area contributed by atoms with Crippen LogP contribution in [-0.2, 0) is 10.4 Å². The molecule has 0 unspecified atom stereocenters. The Morgan fingerprint density at radius 1 is 0.897 bits per heavy atom. The van der Waals surface area contributed by atoms with E-state index in [-0.39, 0.29) is 5.91 Å². The largest absolute Gasteiger partial charge is 0.492 e. The standard InChI is InChI=1S/C24H20N2O3/c27-23-24(28,20-16-25-21-12-6-4-10-18(20)21)19-11-5-7-13-22(19)26(23)14-15-29-17-8-2-1-3-9-17/h1-13,16,25,28H,14-15H2/t24-/m0/s1. The van der Waals surface area contributed by atoms with E-state index in [1.165, 1.54) is 0 Å². The number of H-pyrrole nitrogens is 1. The van der Waals surface area contributed by atoms with Crippen LogP contribution >= 0.6 is 0 Å². The summed E-state index contributed by atoms with van der Waals surface area (Å²) in [5.74, 6) is 0.388. The second-order valence-electron chi connectivity index (χ2n) is 7.09. The van der Waals surface area contributed by atoms with E-state index < -0.39 is 5.60 Å². The average molecular weight is 384 g/mol. The Morgan fingerprint density at radius 2 is 1.62 bits per heavy atom. The number of para-hydroxylation sites is 3. The zero-order chi connectivity index (χ0) is 19.8. The molecule has 2 heterocycles. The van der Waals surface area contributed by atoms with E-state index in [2.05, 4.69) is 4.98 Å². The number of anilines is 1. The Kier molecular flexibility index (Phi) is 4.11. The van der Waals surface area contributed by atoms with Crippen molar-refractivity contribution in [1.82, 2.24) is 4.98 Å². The predicted octanol–water partition coefficient (Wildman–Crippen LogP) is 3.83. The fraction of sp³-hybridized carbons (Fsp3) is 0.125. The van der Waals surface area contributed by atoms with E-state index in [9.17, 15) is 9.90 Å². The Labute approximate surface area is 168 Å². The van der Waals surface area contributed by atoms with E-state index in [1.807, 2.05) is 78.9 Å². The van der Waals surface area contributed by atoms with Crippen LogP contribution in [0.1, 0.15) is 11.1 Å². The van der Waals surface area contributed by atoms with Crippen molar-refractivity contribution in [1.29, 1.82) is 0 Å². The molecule has 5 nitrogen and oxygen atoms in total. The summed E-state index contributed by atoms with van der Waals surface area (Å²) in [6.07, 6.45) is 1.73. The first-order valence-electron chi connectivity index (χ1n) is 9.58. The molecular formula is C24H20N2O3. The van der Waals surface area contributed by atoms with Gasteiger partial charge in [0.15, 0.2) is 5.60 Å². The number of carbonyl (C=O) groups is 1.